The maximum atomic E-state index is 13.8. The quantitative estimate of drug-likeness (QED) is 0.466. The Kier molecular flexibility index (Phi) is 7.25. The zero-order valence-corrected chi connectivity index (χ0v) is 17.6. The molecule has 6 heteroatoms. The minimum atomic E-state index is -0.466. The fourth-order valence-corrected chi connectivity index (χ4v) is 3.91. The van der Waals surface area contributed by atoms with E-state index in [4.69, 9.17) is 0 Å². The van der Waals surface area contributed by atoms with Crippen LogP contribution in [0, 0.1) is 12.7 Å². The van der Waals surface area contributed by atoms with E-state index in [0.717, 1.165) is 10.5 Å². The van der Waals surface area contributed by atoms with Crippen LogP contribution >= 0.6 is 11.8 Å². The zero-order valence-electron chi connectivity index (χ0n) is 16.8. The summed E-state index contributed by atoms with van der Waals surface area (Å²) >= 11 is 1.38. The summed E-state index contributed by atoms with van der Waals surface area (Å²) in [5, 5.41) is 5.15. The number of hydrogen-bond acceptors (Lipinski definition) is 3. The molecule has 1 atom stereocenters. The number of carbonyl (C=O) groups is 2. The molecule has 3 aromatic carbocycles. The minimum Gasteiger partial charge on any atom is -0.323 e. The highest BCUT2D eigenvalue weighted by atomic mass is 32.2. The van der Waals surface area contributed by atoms with Crippen LogP contribution in [0.15, 0.2) is 77.7 Å². The van der Waals surface area contributed by atoms with Gasteiger partial charge in [-0.3, -0.25) is 9.59 Å². The van der Waals surface area contributed by atoms with E-state index in [1.807, 2.05) is 50.2 Å². The second-order valence-electron chi connectivity index (χ2n) is 6.84. The van der Waals surface area contributed by atoms with Gasteiger partial charge >= 0.3 is 0 Å². The Bertz CT molecular complexity index is 1050. The molecule has 2 amide bonds. The molecule has 0 spiro atoms. The SMILES string of the molecule is CCC(Sc1cccc(NC(=O)c2cccc(C)c2)c1)C(=O)Nc1ccccc1F. The van der Waals surface area contributed by atoms with Crippen molar-refractivity contribution in [2.75, 3.05) is 10.6 Å². The van der Waals surface area contributed by atoms with E-state index in [2.05, 4.69) is 10.6 Å². The van der Waals surface area contributed by atoms with Crippen LogP contribution in [0.2, 0.25) is 0 Å². The van der Waals surface area contributed by atoms with Gasteiger partial charge in [0, 0.05) is 16.1 Å². The molecule has 30 heavy (non-hydrogen) atoms. The van der Waals surface area contributed by atoms with Gasteiger partial charge in [-0.25, -0.2) is 4.39 Å². The van der Waals surface area contributed by atoms with Gasteiger partial charge < -0.3 is 10.6 Å². The van der Waals surface area contributed by atoms with Crippen LogP contribution in [-0.4, -0.2) is 17.1 Å². The van der Waals surface area contributed by atoms with Crippen molar-refractivity contribution < 1.29 is 14.0 Å². The van der Waals surface area contributed by atoms with E-state index in [1.54, 1.807) is 24.3 Å². The molecule has 2 N–H and O–H groups in total. The molecule has 0 heterocycles. The number of amides is 2. The number of hydrogen-bond donors (Lipinski definition) is 2. The predicted octanol–water partition coefficient (Wildman–Crippen LogP) is 5.90. The first-order valence-electron chi connectivity index (χ1n) is 9.66. The van der Waals surface area contributed by atoms with Crippen LogP contribution < -0.4 is 10.6 Å². The molecular weight excluding hydrogens is 399 g/mol. The third-order valence-electron chi connectivity index (χ3n) is 4.45. The highest BCUT2D eigenvalue weighted by Gasteiger charge is 2.19. The summed E-state index contributed by atoms with van der Waals surface area (Å²) in [7, 11) is 0. The molecule has 4 nitrogen and oxygen atoms in total. The maximum absolute atomic E-state index is 13.8. The molecule has 0 aliphatic rings. The Balaban J connectivity index is 1.67. The van der Waals surface area contributed by atoms with Crippen molar-refractivity contribution in [2.24, 2.45) is 0 Å². The first-order chi connectivity index (χ1) is 14.5. The molecular formula is C24H23FN2O2S. The van der Waals surface area contributed by atoms with E-state index in [1.165, 1.54) is 23.9 Å². The van der Waals surface area contributed by atoms with Crippen LogP contribution in [0.3, 0.4) is 0 Å². The topological polar surface area (TPSA) is 58.2 Å². The van der Waals surface area contributed by atoms with Gasteiger partial charge in [0.05, 0.1) is 10.9 Å². The van der Waals surface area contributed by atoms with Crippen molar-refractivity contribution in [3.63, 3.8) is 0 Å². The maximum Gasteiger partial charge on any atom is 0.255 e. The largest absolute Gasteiger partial charge is 0.323 e. The molecule has 0 saturated carbocycles. The number of carbonyl (C=O) groups excluding carboxylic acids is 2. The normalized spacial score (nSPS) is 11.6. The number of rotatable bonds is 7. The number of benzene rings is 3. The number of aryl methyl sites for hydroxylation is 1. The van der Waals surface area contributed by atoms with Gasteiger partial charge in [-0.1, -0.05) is 42.8 Å². The van der Waals surface area contributed by atoms with E-state index in [-0.39, 0.29) is 17.5 Å². The average Bonchev–Trinajstić information content (AvgIpc) is 2.74. The number of nitrogens with one attached hydrogen (secondary N) is 2. The van der Waals surface area contributed by atoms with E-state index < -0.39 is 11.1 Å². The summed E-state index contributed by atoms with van der Waals surface area (Å²) in [6.45, 7) is 3.84. The van der Waals surface area contributed by atoms with Gasteiger partial charge in [0.15, 0.2) is 0 Å². The molecule has 0 fully saturated rings. The number of thioether (sulfide) groups is 1. The third-order valence-corrected chi connectivity index (χ3v) is 5.80. The lowest BCUT2D eigenvalue weighted by Gasteiger charge is -2.16. The van der Waals surface area contributed by atoms with Crippen LogP contribution in [0.1, 0.15) is 29.3 Å². The predicted molar refractivity (Wildman–Crippen MR) is 121 cm³/mol. The first-order valence-corrected chi connectivity index (χ1v) is 10.5. The van der Waals surface area contributed by atoms with E-state index in [9.17, 15) is 14.0 Å². The van der Waals surface area contributed by atoms with Crippen molar-refractivity contribution in [1.82, 2.24) is 0 Å². The summed E-state index contributed by atoms with van der Waals surface area (Å²) in [5.41, 5.74) is 2.42. The van der Waals surface area contributed by atoms with Gasteiger partial charge in [0.25, 0.3) is 5.91 Å². The monoisotopic (exact) mass is 422 g/mol. The summed E-state index contributed by atoms with van der Waals surface area (Å²) in [6, 6.07) is 20.8. The van der Waals surface area contributed by atoms with Crippen molar-refractivity contribution >= 4 is 35.0 Å². The number of anilines is 2. The van der Waals surface area contributed by atoms with Gasteiger partial charge in [-0.15, -0.1) is 11.8 Å². The van der Waals surface area contributed by atoms with Crippen molar-refractivity contribution in [3.8, 4) is 0 Å². The third kappa shape index (κ3) is 5.70. The Morgan fingerprint density at radius 1 is 0.967 bits per heavy atom. The Hall–Kier alpha value is -3.12. The van der Waals surface area contributed by atoms with Crippen LogP contribution in [-0.2, 0) is 4.79 Å². The highest BCUT2D eigenvalue weighted by Crippen LogP contribution is 2.29. The molecule has 0 aliphatic carbocycles. The molecule has 0 saturated heterocycles. The Morgan fingerprint density at radius 2 is 1.73 bits per heavy atom. The molecule has 3 rings (SSSR count). The second kappa shape index (κ2) is 10.1. The lowest BCUT2D eigenvalue weighted by Crippen LogP contribution is -2.25. The summed E-state index contributed by atoms with van der Waals surface area (Å²) < 4.78 is 13.8. The minimum absolute atomic E-state index is 0.167. The van der Waals surface area contributed by atoms with Crippen molar-refractivity contribution in [3.05, 3.63) is 89.7 Å². The molecule has 0 bridgehead atoms. The van der Waals surface area contributed by atoms with Crippen molar-refractivity contribution in [1.29, 1.82) is 0 Å². The zero-order chi connectivity index (χ0) is 21.5. The lowest BCUT2D eigenvalue weighted by molar-refractivity contribution is -0.115. The Labute approximate surface area is 179 Å². The Morgan fingerprint density at radius 3 is 2.47 bits per heavy atom. The number of halogens is 1. The van der Waals surface area contributed by atoms with Gasteiger partial charge in [0.1, 0.15) is 5.82 Å². The molecule has 0 aliphatic heterocycles. The molecule has 0 aromatic heterocycles. The summed E-state index contributed by atoms with van der Waals surface area (Å²) in [6.07, 6.45) is 0.574. The molecule has 0 radical (unpaired) electrons. The van der Waals surface area contributed by atoms with Gasteiger partial charge in [-0.2, -0.15) is 0 Å². The fourth-order valence-electron chi connectivity index (χ4n) is 2.90. The smallest absolute Gasteiger partial charge is 0.255 e. The van der Waals surface area contributed by atoms with Gasteiger partial charge in [-0.05, 0) is 55.8 Å². The summed E-state index contributed by atoms with van der Waals surface area (Å²) in [5.74, 6) is -0.918. The van der Waals surface area contributed by atoms with Crippen LogP contribution in [0.25, 0.3) is 0 Å². The first kappa shape index (κ1) is 21.6. The van der Waals surface area contributed by atoms with Crippen LogP contribution in [0.5, 0.6) is 0 Å². The molecule has 3 aromatic rings. The molecule has 154 valence electrons. The lowest BCUT2D eigenvalue weighted by atomic mass is 10.1. The highest BCUT2D eigenvalue weighted by molar-refractivity contribution is 8.00. The molecule has 1 unspecified atom stereocenters. The summed E-state index contributed by atoms with van der Waals surface area (Å²) in [4.78, 5) is 25.9. The second-order valence-corrected chi connectivity index (χ2v) is 8.11. The van der Waals surface area contributed by atoms with Crippen molar-refractivity contribution in [2.45, 2.75) is 30.4 Å². The van der Waals surface area contributed by atoms with Gasteiger partial charge in [0.2, 0.25) is 5.91 Å². The van der Waals surface area contributed by atoms with E-state index >= 15 is 0 Å². The van der Waals surface area contributed by atoms with E-state index in [0.29, 0.717) is 17.7 Å². The average molecular weight is 423 g/mol. The number of para-hydroxylation sites is 1. The van der Waals surface area contributed by atoms with Crippen LogP contribution in [0.4, 0.5) is 15.8 Å². The fraction of sp³-hybridized carbons (Fsp3) is 0.167. The standard InChI is InChI=1S/C24H23FN2O2S/c1-3-22(24(29)27-21-13-5-4-12-20(21)25)30-19-11-7-10-18(15-19)26-23(28)17-9-6-8-16(2)14-17/h4-15,22H,3H2,1-2H3,(H,26,28)(H,27,29).